The number of aromatic nitrogens is 3. The van der Waals surface area contributed by atoms with Gasteiger partial charge in [0.1, 0.15) is 6.04 Å². The Balaban J connectivity index is 1.26. The summed E-state index contributed by atoms with van der Waals surface area (Å²) in [5, 5.41) is 23.0. The van der Waals surface area contributed by atoms with Crippen molar-refractivity contribution in [1.82, 2.24) is 30.1 Å². The predicted molar refractivity (Wildman–Crippen MR) is 191 cm³/mol. The Hall–Kier alpha value is -4.93. The summed E-state index contributed by atoms with van der Waals surface area (Å²) in [6.07, 6.45) is 2.39. The lowest BCUT2D eigenvalue weighted by Crippen LogP contribution is -2.50. The van der Waals surface area contributed by atoms with E-state index in [9.17, 15) is 23.1 Å². The molecule has 0 saturated heterocycles. The maximum absolute atomic E-state index is 14.2. The Labute approximate surface area is 296 Å². The van der Waals surface area contributed by atoms with Crippen molar-refractivity contribution < 1.29 is 27.9 Å². The number of hydrogen-bond donors (Lipinski definition) is 4. The van der Waals surface area contributed by atoms with Crippen LogP contribution in [0.5, 0.6) is 0 Å². The van der Waals surface area contributed by atoms with Crippen molar-refractivity contribution in [1.29, 1.82) is 0 Å². The molecule has 12 nitrogen and oxygen atoms in total. The van der Waals surface area contributed by atoms with Gasteiger partial charge in [-0.05, 0) is 41.5 Å². The molecule has 3 aromatic heterocycles. The van der Waals surface area contributed by atoms with Crippen molar-refractivity contribution in [3.63, 3.8) is 0 Å². The fraction of sp³-hybridized carbons (Fsp3) is 0.200. The average molecular weight is 731 g/mol. The molecule has 0 spiro atoms. The lowest BCUT2D eigenvalue weighted by Gasteiger charge is -2.29. The third kappa shape index (κ3) is 7.77. The van der Waals surface area contributed by atoms with Crippen LogP contribution in [0.4, 0.5) is 4.79 Å². The number of alkyl carbamates (subject to hydrolysis) is 1. The number of benzene rings is 3. The molecule has 6 aromatic rings. The SMILES string of the molecule is COC(=O)N[C@H](C(=O)NCc1ccc([C@H](CO)N(Cc2cn[nH]c2)S(=O)(=O)c2ccc3scnc3c2)s1)C(c1ccccc1)c1ccccc1. The zero-order valence-electron chi connectivity index (χ0n) is 26.8. The van der Waals surface area contributed by atoms with E-state index in [1.807, 2.05) is 60.7 Å². The zero-order valence-corrected chi connectivity index (χ0v) is 29.3. The van der Waals surface area contributed by atoms with E-state index in [1.165, 1.54) is 46.4 Å². The minimum absolute atomic E-state index is 0.0512. The summed E-state index contributed by atoms with van der Waals surface area (Å²) in [5.74, 6) is -0.970. The van der Waals surface area contributed by atoms with Crippen LogP contribution in [0.3, 0.4) is 0 Å². The number of fused-ring (bicyclic) bond motifs is 1. The van der Waals surface area contributed by atoms with Crippen molar-refractivity contribution in [2.75, 3.05) is 13.7 Å². The number of amides is 2. The number of thiophene rings is 1. The van der Waals surface area contributed by atoms with Gasteiger partial charge in [-0.3, -0.25) is 9.89 Å². The fourth-order valence-corrected chi connectivity index (χ4v) is 9.09. The van der Waals surface area contributed by atoms with Crippen LogP contribution in [0.15, 0.2) is 114 Å². The Morgan fingerprint density at radius 2 is 1.72 bits per heavy atom. The number of thiazole rings is 1. The number of aromatic amines is 1. The molecule has 50 heavy (non-hydrogen) atoms. The van der Waals surface area contributed by atoms with Gasteiger partial charge in [-0.15, -0.1) is 22.7 Å². The van der Waals surface area contributed by atoms with E-state index >= 15 is 0 Å². The smallest absolute Gasteiger partial charge is 0.407 e. The average Bonchev–Trinajstić information content (AvgIpc) is 3.94. The second-order valence-electron chi connectivity index (χ2n) is 11.3. The number of nitrogens with one attached hydrogen (secondary N) is 3. The van der Waals surface area contributed by atoms with E-state index in [4.69, 9.17) is 4.74 Å². The second-order valence-corrected chi connectivity index (χ2v) is 15.2. The van der Waals surface area contributed by atoms with Gasteiger partial charge >= 0.3 is 6.09 Å². The highest BCUT2D eigenvalue weighted by Gasteiger charge is 2.35. The fourth-order valence-electron chi connectivity index (χ4n) is 5.70. The first-order valence-electron chi connectivity index (χ1n) is 15.5. The molecule has 0 fully saturated rings. The maximum Gasteiger partial charge on any atom is 0.407 e. The molecule has 0 bridgehead atoms. The minimum atomic E-state index is -4.13. The Morgan fingerprint density at radius 1 is 1.00 bits per heavy atom. The van der Waals surface area contributed by atoms with Crippen LogP contribution in [0.25, 0.3) is 10.2 Å². The number of H-pyrrole nitrogens is 1. The van der Waals surface area contributed by atoms with Crippen LogP contribution < -0.4 is 10.6 Å². The highest BCUT2D eigenvalue weighted by Crippen LogP contribution is 2.35. The molecule has 0 radical (unpaired) electrons. The quantitative estimate of drug-likeness (QED) is 0.119. The monoisotopic (exact) mass is 730 g/mol. The molecular weight excluding hydrogens is 697 g/mol. The van der Waals surface area contributed by atoms with Crippen LogP contribution >= 0.6 is 22.7 Å². The van der Waals surface area contributed by atoms with Gasteiger partial charge in [-0.2, -0.15) is 9.40 Å². The summed E-state index contributed by atoms with van der Waals surface area (Å²) in [6.45, 7) is -0.458. The summed E-state index contributed by atoms with van der Waals surface area (Å²) in [6, 6.07) is 25.2. The number of ether oxygens (including phenoxy) is 1. The van der Waals surface area contributed by atoms with Crippen LogP contribution in [0.2, 0.25) is 0 Å². The summed E-state index contributed by atoms with van der Waals surface area (Å²) >= 11 is 2.68. The first-order chi connectivity index (χ1) is 24.3. The second kappa shape index (κ2) is 15.7. The number of sulfonamides is 1. The van der Waals surface area contributed by atoms with Crippen LogP contribution in [-0.4, -0.2) is 64.8 Å². The molecule has 15 heteroatoms. The molecule has 0 saturated carbocycles. The third-order valence-corrected chi connectivity index (χ3v) is 12.0. The van der Waals surface area contributed by atoms with E-state index in [1.54, 1.807) is 36.0 Å². The normalized spacial score (nSPS) is 13.0. The van der Waals surface area contributed by atoms with E-state index in [0.29, 0.717) is 20.8 Å². The van der Waals surface area contributed by atoms with Crippen molar-refractivity contribution in [3.05, 3.63) is 135 Å². The van der Waals surface area contributed by atoms with E-state index in [-0.39, 0.29) is 18.0 Å². The molecular formula is C35H34N6O6S3. The topological polar surface area (TPSA) is 167 Å². The molecule has 258 valence electrons. The molecule has 0 aliphatic carbocycles. The van der Waals surface area contributed by atoms with Gasteiger partial charge in [-0.1, -0.05) is 60.7 Å². The van der Waals surface area contributed by atoms with Crippen molar-refractivity contribution in [2.45, 2.75) is 36.0 Å². The summed E-state index contributed by atoms with van der Waals surface area (Å²) < 4.78 is 35.3. The number of nitrogens with zero attached hydrogens (tertiary/aromatic N) is 3. The van der Waals surface area contributed by atoms with Gasteiger partial charge in [0.2, 0.25) is 15.9 Å². The zero-order chi connectivity index (χ0) is 35.1. The molecule has 0 unspecified atom stereocenters. The van der Waals surface area contributed by atoms with Gasteiger partial charge in [0.05, 0.1) is 53.1 Å². The number of hydrogen-bond acceptors (Lipinski definition) is 10. The van der Waals surface area contributed by atoms with Crippen LogP contribution in [-0.2, 0) is 32.6 Å². The van der Waals surface area contributed by atoms with Gasteiger partial charge in [0.15, 0.2) is 0 Å². The Bertz CT molecular complexity index is 2100. The highest BCUT2D eigenvalue weighted by molar-refractivity contribution is 7.89. The predicted octanol–water partition coefficient (Wildman–Crippen LogP) is 5.18. The highest BCUT2D eigenvalue weighted by atomic mass is 32.2. The molecule has 0 aliphatic rings. The number of aliphatic hydroxyl groups excluding tert-OH is 1. The van der Waals surface area contributed by atoms with Crippen molar-refractivity contribution in [2.24, 2.45) is 0 Å². The number of carbonyl (C=O) groups excluding carboxylic acids is 2. The number of rotatable bonds is 14. The lowest BCUT2D eigenvalue weighted by atomic mass is 9.84. The first kappa shape index (κ1) is 34.9. The Kier molecular flexibility index (Phi) is 11.0. The first-order valence-corrected chi connectivity index (χ1v) is 18.7. The number of methoxy groups -OCH3 is 1. The van der Waals surface area contributed by atoms with E-state index in [0.717, 1.165) is 15.8 Å². The number of aliphatic hydroxyl groups is 1. The molecule has 2 atom stereocenters. The minimum Gasteiger partial charge on any atom is -0.453 e. The maximum atomic E-state index is 14.2. The molecule has 4 N–H and O–H groups in total. The van der Waals surface area contributed by atoms with Crippen LogP contribution in [0.1, 0.15) is 38.4 Å². The van der Waals surface area contributed by atoms with E-state index < -0.39 is 46.6 Å². The molecule has 2 amide bonds. The summed E-state index contributed by atoms with van der Waals surface area (Å²) in [7, 11) is -2.89. The van der Waals surface area contributed by atoms with Gasteiger partial charge in [0.25, 0.3) is 0 Å². The summed E-state index contributed by atoms with van der Waals surface area (Å²) in [5.41, 5.74) is 4.49. The lowest BCUT2D eigenvalue weighted by molar-refractivity contribution is -0.123. The Morgan fingerprint density at radius 3 is 2.36 bits per heavy atom. The van der Waals surface area contributed by atoms with E-state index in [2.05, 4.69) is 25.8 Å². The van der Waals surface area contributed by atoms with Crippen LogP contribution in [0, 0.1) is 0 Å². The molecule has 3 heterocycles. The van der Waals surface area contributed by atoms with Gasteiger partial charge < -0.3 is 20.5 Å². The number of carbonyl (C=O) groups is 2. The molecule has 0 aliphatic heterocycles. The van der Waals surface area contributed by atoms with Gasteiger partial charge in [-0.25, -0.2) is 18.2 Å². The largest absolute Gasteiger partial charge is 0.453 e. The van der Waals surface area contributed by atoms with Gasteiger partial charge in [0, 0.05) is 34.0 Å². The molecule has 6 rings (SSSR count). The van der Waals surface area contributed by atoms with Crippen molar-refractivity contribution in [3.8, 4) is 0 Å². The van der Waals surface area contributed by atoms with Crippen molar-refractivity contribution >= 4 is 54.9 Å². The molecule has 3 aromatic carbocycles. The summed E-state index contributed by atoms with van der Waals surface area (Å²) in [4.78, 5) is 32.0. The third-order valence-electron chi connectivity index (χ3n) is 8.16. The standard InChI is InChI=1S/C35H34N6O6S3/c1-47-35(44)40-33(32(24-8-4-2-5-9-24)25-10-6-3-7-11-25)34(43)36-19-26-12-14-31(49-26)29(21-42)41(20-23-17-38-39-18-23)50(45,46)27-13-15-30-28(16-27)37-22-48-30/h2-18,22,29,32-33,42H,19-21H2,1H3,(H,36,43)(H,38,39)(H,40,44)/t29-,33-/m0/s1.